The van der Waals surface area contributed by atoms with Crippen LogP contribution in [0.25, 0.3) is 5.52 Å². The summed E-state index contributed by atoms with van der Waals surface area (Å²) in [5.74, 6) is -0.863. The molecule has 166 valence electrons. The highest BCUT2D eigenvalue weighted by Crippen LogP contribution is 2.27. The number of ether oxygens (including phenoxy) is 1. The van der Waals surface area contributed by atoms with Crippen LogP contribution in [0.1, 0.15) is 53.5 Å². The molecule has 0 saturated heterocycles. The van der Waals surface area contributed by atoms with Crippen molar-refractivity contribution in [3.05, 3.63) is 69.5 Å². The molecule has 2 amide bonds. The maximum Gasteiger partial charge on any atom is 0.254 e. The Hall–Kier alpha value is -3.10. The van der Waals surface area contributed by atoms with Gasteiger partial charge in [0.15, 0.2) is 0 Å². The third kappa shape index (κ3) is 4.42. The van der Waals surface area contributed by atoms with E-state index in [-0.39, 0.29) is 24.5 Å². The molecule has 1 N–H and O–H groups in total. The number of hydrogen-bond acceptors (Lipinski definition) is 5. The Bertz CT molecular complexity index is 1220. The molecule has 1 aliphatic rings. The summed E-state index contributed by atoms with van der Waals surface area (Å²) in [6.07, 6.45) is 5.37. The number of amides is 2. The summed E-state index contributed by atoms with van der Waals surface area (Å²) < 4.78 is 8.14. The molecule has 32 heavy (non-hydrogen) atoms. The molecule has 3 aromatic rings. The molecule has 4 rings (SSSR count). The minimum absolute atomic E-state index is 0.216. The molecule has 0 saturated carbocycles. The highest BCUT2D eigenvalue weighted by atomic mass is 32.1. The Balaban J connectivity index is 1.56. The fourth-order valence-electron chi connectivity index (χ4n) is 4.09. The highest BCUT2D eigenvalue weighted by molar-refractivity contribution is 7.09. The summed E-state index contributed by atoms with van der Waals surface area (Å²) in [6, 6.07) is 5.78. The van der Waals surface area contributed by atoms with Gasteiger partial charge in [-0.3, -0.25) is 9.59 Å². The third-order valence-electron chi connectivity index (χ3n) is 5.73. The molecule has 2 unspecified atom stereocenters. The lowest BCUT2D eigenvalue weighted by Crippen LogP contribution is -2.35. The second-order valence-corrected chi connectivity index (χ2v) is 8.97. The fourth-order valence-corrected chi connectivity index (χ4v) is 4.63. The zero-order chi connectivity index (χ0) is 22.8. The average molecular weight is 451 g/mol. The van der Waals surface area contributed by atoms with E-state index in [2.05, 4.69) is 15.3 Å². The third-order valence-corrected chi connectivity index (χ3v) is 6.48. The number of dihydropyridines is 1. The molecular weight excluding hydrogens is 424 g/mol. The van der Waals surface area contributed by atoms with Gasteiger partial charge < -0.3 is 14.5 Å². The van der Waals surface area contributed by atoms with Crippen molar-refractivity contribution in [3.8, 4) is 0 Å². The quantitative estimate of drug-likeness (QED) is 0.582. The lowest BCUT2D eigenvalue weighted by atomic mass is 9.95. The van der Waals surface area contributed by atoms with E-state index in [0.717, 1.165) is 27.4 Å². The maximum atomic E-state index is 13.1. The number of thiazole rings is 1. The minimum atomic E-state index is -0.431. The van der Waals surface area contributed by atoms with Gasteiger partial charge in [-0.05, 0) is 57.5 Å². The average Bonchev–Trinajstić information content (AvgIpc) is 3.42. The van der Waals surface area contributed by atoms with E-state index in [1.807, 2.05) is 61.0 Å². The van der Waals surface area contributed by atoms with Crippen LogP contribution in [0.4, 0.5) is 0 Å². The Morgan fingerprint density at radius 3 is 2.88 bits per heavy atom. The van der Waals surface area contributed by atoms with E-state index in [4.69, 9.17) is 4.74 Å². The number of nitrogens with one attached hydrogen (secondary N) is 1. The molecule has 0 aromatic carbocycles. The standard InChI is InChI=1S/C24H26N4O3S/c1-14-10-15(2)27-24(30)20(14)12-26-23(29)19-11-18-6-5-8-28(18)22(16(19)3)17(4)31-13-21-25-7-9-32-21/h5-11,17,20H,12-13H2,1-4H3,(H,26,29). The molecular formula is C24H26N4O3S. The van der Waals surface area contributed by atoms with Crippen LogP contribution < -0.4 is 5.32 Å². The number of aromatic nitrogens is 2. The lowest BCUT2D eigenvalue weighted by Gasteiger charge is -2.22. The first-order valence-corrected chi connectivity index (χ1v) is 11.4. The zero-order valence-electron chi connectivity index (χ0n) is 18.6. The molecule has 0 spiro atoms. The van der Waals surface area contributed by atoms with Crippen LogP contribution in [0.5, 0.6) is 0 Å². The maximum absolute atomic E-state index is 13.1. The number of pyridine rings is 1. The predicted molar refractivity (Wildman–Crippen MR) is 125 cm³/mol. The van der Waals surface area contributed by atoms with Crippen LogP contribution in [0, 0.1) is 12.8 Å². The first-order chi connectivity index (χ1) is 15.3. The Morgan fingerprint density at radius 1 is 1.34 bits per heavy atom. The van der Waals surface area contributed by atoms with Crippen LogP contribution in [0.15, 0.2) is 52.6 Å². The second-order valence-electron chi connectivity index (χ2n) is 7.99. The topological polar surface area (TPSA) is 85.1 Å². The van der Waals surface area contributed by atoms with Crippen molar-refractivity contribution >= 4 is 34.4 Å². The molecule has 0 radical (unpaired) electrons. The van der Waals surface area contributed by atoms with Crippen molar-refractivity contribution in [1.29, 1.82) is 0 Å². The highest BCUT2D eigenvalue weighted by Gasteiger charge is 2.25. The predicted octanol–water partition coefficient (Wildman–Crippen LogP) is 4.28. The fraction of sp³-hybridized carbons (Fsp3) is 0.333. The van der Waals surface area contributed by atoms with Crippen molar-refractivity contribution < 1.29 is 14.3 Å². The summed E-state index contributed by atoms with van der Waals surface area (Å²) in [4.78, 5) is 33.7. The van der Waals surface area contributed by atoms with Gasteiger partial charge in [-0.1, -0.05) is 5.57 Å². The molecule has 1 aliphatic heterocycles. The number of nitrogens with zero attached hydrogens (tertiary/aromatic N) is 3. The first kappa shape index (κ1) is 22.1. The smallest absolute Gasteiger partial charge is 0.254 e. The van der Waals surface area contributed by atoms with Crippen molar-refractivity contribution in [2.24, 2.45) is 10.9 Å². The number of allylic oxidation sites excluding steroid dienone is 1. The number of fused-ring (bicyclic) bond motifs is 1. The number of aliphatic imine (C=N–C) groups is 1. The van der Waals surface area contributed by atoms with Gasteiger partial charge >= 0.3 is 0 Å². The van der Waals surface area contributed by atoms with E-state index in [1.54, 1.807) is 24.5 Å². The van der Waals surface area contributed by atoms with Crippen LogP contribution in [-0.2, 0) is 16.1 Å². The van der Waals surface area contributed by atoms with E-state index in [9.17, 15) is 9.59 Å². The summed E-state index contributed by atoms with van der Waals surface area (Å²) in [7, 11) is 0. The van der Waals surface area contributed by atoms with Gasteiger partial charge in [0.25, 0.3) is 11.8 Å². The van der Waals surface area contributed by atoms with E-state index in [0.29, 0.717) is 17.9 Å². The molecule has 4 heterocycles. The minimum Gasteiger partial charge on any atom is -0.365 e. The molecule has 0 aliphatic carbocycles. The molecule has 0 bridgehead atoms. The molecule has 0 fully saturated rings. The monoisotopic (exact) mass is 450 g/mol. The van der Waals surface area contributed by atoms with Gasteiger partial charge in [-0.25, -0.2) is 9.98 Å². The van der Waals surface area contributed by atoms with Crippen molar-refractivity contribution in [1.82, 2.24) is 14.7 Å². The van der Waals surface area contributed by atoms with Crippen LogP contribution in [-0.4, -0.2) is 33.5 Å². The van der Waals surface area contributed by atoms with Gasteiger partial charge in [-0.15, -0.1) is 11.3 Å². The first-order valence-electron chi connectivity index (χ1n) is 10.5. The van der Waals surface area contributed by atoms with Crippen LogP contribution >= 0.6 is 11.3 Å². The van der Waals surface area contributed by atoms with Crippen LogP contribution in [0.2, 0.25) is 0 Å². The SMILES string of the molecule is CC1=CC(C)=NC(=O)C1CNC(=O)c1cc2cccn2c(C(C)OCc2nccs2)c1C. The van der Waals surface area contributed by atoms with Gasteiger partial charge in [0, 0.05) is 41.1 Å². The van der Waals surface area contributed by atoms with E-state index >= 15 is 0 Å². The van der Waals surface area contributed by atoms with Crippen LogP contribution in [0.3, 0.4) is 0 Å². The number of carbonyl (C=O) groups excluding carboxylic acids is 2. The van der Waals surface area contributed by atoms with Crippen molar-refractivity contribution in [3.63, 3.8) is 0 Å². The Morgan fingerprint density at radius 2 is 2.16 bits per heavy atom. The van der Waals surface area contributed by atoms with E-state index < -0.39 is 5.92 Å². The molecule has 2 atom stereocenters. The van der Waals surface area contributed by atoms with Crippen molar-refractivity contribution in [2.75, 3.05) is 6.54 Å². The van der Waals surface area contributed by atoms with Crippen molar-refractivity contribution in [2.45, 2.75) is 40.4 Å². The largest absolute Gasteiger partial charge is 0.365 e. The van der Waals surface area contributed by atoms with Gasteiger partial charge in [-0.2, -0.15) is 0 Å². The van der Waals surface area contributed by atoms with Gasteiger partial charge in [0.2, 0.25) is 0 Å². The number of carbonyl (C=O) groups is 2. The Kier molecular flexibility index (Phi) is 6.34. The lowest BCUT2D eigenvalue weighted by molar-refractivity contribution is -0.120. The van der Waals surface area contributed by atoms with E-state index in [1.165, 1.54) is 0 Å². The summed E-state index contributed by atoms with van der Waals surface area (Å²) >= 11 is 1.55. The number of hydrogen-bond donors (Lipinski definition) is 1. The zero-order valence-corrected chi connectivity index (χ0v) is 19.4. The second kappa shape index (κ2) is 9.18. The molecule has 8 heteroatoms. The Labute approximate surface area is 190 Å². The summed E-state index contributed by atoms with van der Waals surface area (Å²) in [6.45, 7) is 8.22. The van der Waals surface area contributed by atoms with Gasteiger partial charge in [0.1, 0.15) is 5.01 Å². The molecule has 3 aromatic heterocycles. The summed E-state index contributed by atoms with van der Waals surface area (Å²) in [5, 5.41) is 5.76. The summed E-state index contributed by atoms with van der Waals surface area (Å²) in [5.41, 5.74) is 4.84. The van der Waals surface area contributed by atoms with Gasteiger partial charge in [0.05, 0.1) is 24.3 Å². The molecule has 7 nitrogen and oxygen atoms in total. The normalized spacial score (nSPS) is 17.2. The number of rotatable bonds is 7.